The van der Waals surface area contributed by atoms with Crippen LogP contribution in [0.15, 0.2) is 71.9 Å². The number of aryl methyl sites for hydroxylation is 1. The number of ether oxygens (including phenoxy) is 1. The second-order valence-electron chi connectivity index (χ2n) is 7.48. The summed E-state index contributed by atoms with van der Waals surface area (Å²) in [5, 5.41) is 0.489. The smallest absolute Gasteiger partial charge is 0.230 e. The molecule has 0 unspecified atom stereocenters. The fourth-order valence-electron chi connectivity index (χ4n) is 3.42. The molecule has 4 aromatic rings. The molecule has 33 heavy (non-hydrogen) atoms. The van der Waals surface area contributed by atoms with Gasteiger partial charge in [-0.1, -0.05) is 41.7 Å². The predicted octanol–water partition coefficient (Wildman–Crippen LogP) is 4.41. The summed E-state index contributed by atoms with van der Waals surface area (Å²) in [5.41, 5.74) is 2.52. The van der Waals surface area contributed by atoms with E-state index < -0.39 is 9.84 Å². The van der Waals surface area contributed by atoms with E-state index in [-0.39, 0.29) is 29.5 Å². The van der Waals surface area contributed by atoms with Crippen LogP contribution >= 0.6 is 11.3 Å². The number of hydrogen-bond acceptors (Lipinski definition) is 7. The minimum atomic E-state index is -3.58. The molecule has 0 aliphatic heterocycles. The van der Waals surface area contributed by atoms with Crippen molar-refractivity contribution in [3.8, 4) is 5.75 Å². The van der Waals surface area contributed by atoms with Crippen LogP contribution in [0.3, 0.4) is 0 Å². The van der Waals surface area contributed by atoms with Gasteiger partial charge in [0, 0.05) is 18.8 Å². The summed E-state index contributed by atoms with van der Waals surface area (Å²) in [6.07, 6.45) is 3.18. The maximum atomic E-state index is 13.3. The fourth-order valence-corrected chi connectivity index (χ4v) is 5.74. The average molecular weight is 482 g/mol. The third-order valence-corrected chi connectivity index (χ3v) is 8.14. The van der Waals surface area contributed by atoms with Gasteiger partial charge in [-0.25, -0.2) is 13.4 Å². The van der Waals surface area contributed by atoms with E-state index in [1.165, 1.54) is 28.4 Å². The highest BCUT2D eigenvalue weighted by atomic mass is 32.2. The van der Waals surface area contributed by atoms with Crippen LogP contribution in [0.2, 0.25) is 0 Å². The first-order valence-electron chi connectivity index (χ1n) is 10.3. The first kappa shape index (κ1) is 22.9. The highest BCUT2D eigenvalue weighted by Gasteiger charge is 2.24. The molecule has 2 heterocycles. The van der Waals surface area contributed by atoms with E-state index in [1.54, 1.807) is 43.8 Å². The maximum absolute atomic E-state index is 13.3. The molecule has 1 amide bonds. The Labute approximate surface area is 196 Å². The summed E-state index contributed by atoms with van der Waals surface area (Å²) >= 11 is 1.38. The summed E-state index contributed by atoms with van der Waals surface area (Å²) in [6, 6.07) is 15.6. The second kappa shape index (κ2) is 9.68. The third kappa shape index (κ3) is 5.04. The Morgan fingerprint density at radius 2 is 1.88 bits per heavy atom. The second-order valence-corrected chi connectivity index (χ2v) is 10.6. The van der Waals surface area contributed by atoms with E-state index >= 15 is 0 Å². The molecule has 0 saturated heterocycles. The number of fused-ring (bicyclic) bond motifs is 1. The maximum Gasteiger partial charge on any atom is 0.230 e. The number of anilines is 1. The fraction of sp³-hybridized carbons (Fsp3) is 0.208. The molecule has 0 radical (unpaired) electrons. The van der Waals surface area contributed by atoms with Crippen LogP contribution in [0.1, 0.15) is 17.5 Å². The lowest BCUT2D eigenvalue weighted by molar-refractivity contribution is -0.118. The number of carbonyl (C=O) groups is 1. The first-order valence-corrected chi connectivity index (χ1v) is 12.8. The standard InChI is InChI=1S/C24H23N3O4S2/c1-17-10-11-20(31-2)22-23(17)32-24(26-22)27(16-18-7-6-13-25-15-18)21(28)12-14-33(29,30)19-8-4-3-5-9-19/h3-11,13,15H,12,14,16H2,1-2H3. The molecule has 2 aromatic carbocycles. The Kier molecular flexibility index (Phi) is 6.71. The molecule has 2 aromatic heterocycles. The van der Waals surface area contributed by atoms with Crippen LogP contribution in [0.5, 0.6) is 5.75 Å². The van der Waals surface area contributed by atoms with Gasteiger partial charge in [-0.05, 0) is 42.3 Å². The normalized spacial score (nSPS) is 11.5. The number of thiazole rings is 1. The van der Waals surface area contributed by atoms with Gasteiger partial charge in [0.1, 0.15) is 11.3 Å². The zero-order valence-electron chi connectivity index (χ0n) is 18.3. The Morgan fingerprint density at radius 1 is 1.09 bits per heavy atom. The Balaban J connectivity index is 1.66. The summed E-state index contributed by atoms with van der Waals surface area (Å²) in [6.45, 7) is 2.21. The van der Waals surface area contributed by atoms with E-state index in [4.69, 9.17) is 9.72 Å². The topological polar surface area (TPSA) is 89.5 Å². The number of sulfone groups is 1. The molecule has 0 aliphatic carbocycles. The summed E-state index contributed by atoms with van der Waals surface area (Å²) in [4.78, 5) is 23.9. The van der Waals surface area contributed by atoms with Crippen molar-refractivity contribution in [2.75, 3.05) is 17.8 Å². The zero-order valence-corrected chi connectivity index (χ0v) is 19.9. The van der Waals surface area contributed by atoms with Crippen molar-refractivity contribution in [2.45, 2.75) is 24.8 Å². The van der Waals surface area contributed by atoms with Crippen LogP contribution < -0.4 is 9.64 Å². The van der Waals surface area contributed by atoms with Crippen LogP contribution in [0.4, 0.5) is 5.13 Å². The molecule has 170 valence electrons. The van der Waals surface area contributed by atoms with Crippen molar-refractivity contribution in [1.82, 2.24) is 9.97 Å². The Bertz CT molecular complexity index is 1370. The minimum absolute atomic E-state index is 0.163. The van der Waals surface area contributed by atoms with Gasteiger partial charge in [-0.3, -0.25) is 14.7 Å². The number of carbonyl (C=O) groups excluding carboxylic acids is 1. The van der Waals surface area contributed by atoms with Gasteiger partial charge >= 0.3 is 0 Å². The van der Waals surface area contributed by atoms with Crippen molar-refractivity contribution in [2.24, 2.45) is 0 Å². The molecule has 9 heteroatoms. The number of hydrogen-bond donors (Lipinski definition) is 0. The van der Waals surface area contributed by atoms with Crippen molar-refractivity contribution >= 4 is 42.4 Å². The van der Waals surface area contributed by atoms with Gasteiger partial charge in [0.05, 0.1) is 29.0 Å². The molecule has 0 bridgehead atoms. The number of amides is 1. The third-order valence-electron chi connectivity index (χ3n) is 5.19. The molecule has 0 fully saturated rings. The number of rotatable bonds is 8. The first-order chi connectivity index (χ1) is 15.9. The zero-order chi connectivity index (χ0) is 23.4. The van der Waals surface area contributed by atoms with Gasteiger partial charge in [0.25, 0.3) is 0 Å². The SMILES string of the molecule is COc1ccc(C)c2sc(N(Cc3cccnc3)C(=O)CCS(=O)(=O)c3ccccc3)nc12. The van der Waals surface area contributed by atoms with Crippen LogP contribution in [0, 0.1) is 6.92 Å². The lowest BCUT2D eigenvalue weighted by atomic mass is 10.2. The molecule has 0 aliphatic rings. The van der Waals surface area contributed by atoms with Crippen molar-refractivity contribution < 1.29 is 17.9 Å². The molecular weight excluding hydrogens is 458 g/mol. The highest BCUT2D eigenvalue weighted by Crippen LogP contribution is 2.37. The van der Waals surface area contributed by atoms with Gasteiger partial charge in [0.15, 0.2) is 15.0 Å². The Morgan fingerprint density at radius 3 is 2.58 bits per heavy atom. The molecule has 0 N–H and O–H groups in total. The van der Waals surface area contributed by atoms with Crippen LogP contribution in [0.25, 0.3) is 10.2 Å². The number of nitrogens with zero attached hydrogens (tertiary/aromatic N) is 3. The number of methoxy groups -OCH3 is 1. The Hall–Kier alpha value is -3.30. The largest absolute Gasteiger partial charge is 0.494 e. The highest BCUT2D eigenvalue weighted by molar-refractivity contribution is 7.91. The van der Waals surface area contributed by atoms with E-state index in [0.29, 0.717) is 16.4 Å². The van der Waals surface area contributed by atoms with Gasteiger partial charge < -0.3 is 4.74 Å². The van der Waals surface area contributed by atoms with Crippen LogP contribution in [-0.4, -0.2) is 37.2 Å². The predicted molar refractivity (Wildman–Crippen MR) is 129 cm³/mol. The number of benzene rings is 2. The van der Waals surface area contributed by atoms with Crippen molar-refractivity contribution in [1.29, 1.82) is 0 Å². The molecule has 4 rings (SSSR count). The lowest BCUT2D eigenvalue weighted by Gasteiger charge is -2.20. The van der Waals surface area contributed by atoms with E-state index in [0.717, 1.165) is 15.8 Å². The summed E-state index contributed by atoms with van der Waals surface area (Å²) < 4.78 is 31.8. The van der Waals surface area contributed by atoms with E-state index in [1.807, 2.05) is 25.1 Å². The van der Waals surface area contributed by atoms with Gasteiger partial charge in [0.2, 0.25) is 5.91 Å². The molecule has 0 spiro atoms. The number of pyridine rings is 1. The monoisotopic (exact) mass is 481 g/mol. The molecule has 0 atom stereocenters. The molecule has 0 saturated carbocycles. The average Bonchev–Trinajstić information content (AvgIpc) is 3.29. The van der Waals surface area contributed by atoms with Crippen molar-refractivity contribution in [3.63, 3.8) is 0 Å². The van der Waals surface area contributed by atoms with Crippen LogP contribution in [-0.2, 0) is 21.2 Å². The number of aromatic nitrogens is 2. The van der Waals surface area contributed by atoms with Gasteiger partial charge in [-0.2, -0.15) is 0 Å². The molecule has 7 nitrogen and oxygen atoms in total. The summed E-state index contributed by atoms with van der Waals surface area (Å²) in [5.74, 6) is 0.0136. The lowest BCUT2D eigenvalue weighted by Crippen LogP contribution is -2.31. The quantitative estimate of drug-likeness (QED) is 0.370. The molecular formula is C24H23N3O4S2. The van der Waals surface area contributed by atoms with E-state index in [9.17, 15) is 13.2 Å². The summed E-state index contributed by atoms with van der Waals surface area (Å²) in [7, 11) is -2.00. The van der Waals surface area contributed by atoms with Gasteiger partial charge in [-0.15, -0.1) is 0 Å². The van der Waals surface area contributed by atoms with E-state index in [2.05, 4.69) is 4.98 Å². The van der Waals surface area contributed by atoms with Crippen molar-refractivity contribution in [3.05, 3.63) is 78.1 Å². The minimum Gasteiger partial charge on any atom is -0.494 e.